The fraction of sp³-hybridized carbons (Fsp3) is 0.200. The van der Waals surface area contributed by atoms with E-state index in [0.717, 1.165) is 6.07 Å². The zero-order chi connectivity index (χ0) is 13.1. The number of carbonyl (C=O) groups is 1. The van der Waals surface area contributed by atoms with Crippen molar-refractivity contribution in [3.05, 3.63) is 40.2 Å². The topological polar surface area (TPSA) is 124 Å². The summed E-state index contributed by atoms with van der Waals surface area (Å²) < 4.78 is 0. The van der Waals surface area contributed by atoms with E-state index >= 15 is 0 Å². The molecule has 8 nitrogen and oxygen atoms in total. The molecule has 2 heterocycles. The molecule has 1 unspecified atom stereocenters. The first kappa shape index (κ1) is 11.8. The van der Waals surface area contributed by atoms with Crippen LogP contribution < -0.4 is 10.9 Å². The highest BCUT2D eigenvalue weighted by molar-refractivity contribution is 5.94. The van der Waals surface area contributed by atoms with Crippen molar-refractivity contribution in [2.45, 2.75) is 13.0 Å². The number of hydrogen-bond donors (Lipinski definition) is 4. The number of aromatic amines is 2. The number of H-pyrrole nitrogens is 2. The van der Waals surface area contributed by atoms with Gasteiger partial charge in [-0.15, -0.1) is 0 Å². The summed E-state index contributed by atoms with van der Waals surface area (Å²) in [5, 5.41) is 18.1. The van der Waals surface area contributed by atoms with Crippen molar-refractivity contribution in [2.75, 3.05) is 0 Å². The van der Waals surface area contributed by atoms with Crippen molar-refractivity contribution >= 4 is 5.91 Å². The number of pyridine rings is 1. The second-order valence-electron chi connectivity index (χ2n) is 3.68. The molecule has 4 N–H and O–H groups in total. The molecule has 0 aromatic carbocycles. The van der Waals surface area contributed by atoms with Gasteiger partial charge in [-0.3, -0.25) is 19.7 Å². The van der Waals surface area contributed by atoms with Crippen LogP contribution in [0, 0.1) is 0 Å². The lowest BCUT2D eigenvalue weighted by molar-refractivity contribution is 0.0937. The van der Waals surface area contributed by atoms with Crippen molar-refractivity contribution in [3.8, 4) is 5.88 Å². The highest BCUT2D eigenvalue weighted by atomic mass is 16.3. The van der Waals surface area contributed by atoms with Crippen molar-refractivity contribution < 1.29 is 9.90 Å². The zero-order valence-electron chi connectivity index (χ0n) is 9.47. The van der Waals surface area contributed by atoms with Crippen LogP contribution in [0.4, 0.5) is 0 Å². The van der Waals surface area contributed by atoms with E-state index < -0.39 is 11.5 Å². The van der Waals surface area contributed by atoms with Crippen molar-refractivity contribution in [1.82, 2.24) is 25.5 Å². The molecule has 0 aliphatic carbocycles. The van der Waals surface area contributed by atoms with Gasteiger partial charge in [0.1, 0.15) is 12.2 Å². The third-order valence-corrected chi connectivity index (χ3v) is 2.28. The predicted molar refractivity (Wildman–Crippen MR) is 61.0 cm³/mol. The number of aromatic nitrogens is 4. The Bertz CT molecular complexity index is 604. The Morgan fingerprint density at radius 2 is 2.28 bits per heavy atom. The van der Waals surface area contributed by atoms with Crippen LogP contribution in [0.3, 0.4) is 0 Å². The average Bonchev–Trinajstić information content (AvgIpc) is 2.80. The van der Waals surface area contributed by atoms with Crippen LogP contribution in [-0.4, -0.2) is 31.2 Å². The summed E-state index contributed by atoms with van der Waals surface area (Å²) in [7, 11) is 0. The SMILES string of the molecule is CC(NC(=O)c1cc(O)[nH]c(=O)c1)c1ncn[nH]1. The molecular formula is C10H11N5O3. The van der Waals surface area contributed by atoms with Crippen LogP contribution in [0.5, 0.6) is 5.88 Å². The molecule has 0 saturated heterocycles. The summed E-state index contributed by atoms with van der Waals surface area (Å²) in [5.41, 5.74) is -0.477. The van der Waals surface area contributed by atoms with Crippen LogP contribution in [0.25, 0.3) is 0 Å². The molecule has 0 fully saturated rings. The average molecular weight is 249 g/mol. The van der Waals surface area contributed by atoms with E-state index in [4.69, 9.17) is 0 Å². The van der Waals surface area contributed by atoms with E-state index in [1.165, 1.54) is 12.4 Å². The van der Waals surface area contributed by atoms with Crippen LogP contribution in [-0.2, 0) is 0 Å². The van der Waals surface area contributed by atoms with Gasteiger partial charge in [0.25, 0.3) is 11.5 Å². The lowest BCUT2D eigenvalue weighted by Crippen LogP contribution is -2.28. The van der Waals surface area contributed by atoms with E-state index in [0.29, 0.717) is 5.82 Å². The van der Waals surface area contributed by atoms with Crippen LogP contribution in [0.2, 0.25) is 0 Å². The van der Waals surface area contributed by atoms with Crippen molar-refractivity contribution in [1.29, 1.82) is 0 Å². The molecule has 0 aliphatic heterocycles. The highest BCUT2D eigenvalue weighted by Gasteiger charge is 2.14. The Morgan fingerprint density at radius 3 is 2.89 bits per heavy atom. The largest absolute Gasteiger partial charge is 0.494 e. The summed E-state index contributed by atoms with van der Waals surface area (Å²) >= 11 is 0. The Hall–Kier alpha value is -2.64. The van der Waals surface area contributed by atoms with Gasteiger partial charge in [0.15, 0.2) is 5.88 Å². The molecule has 0 bridgehead atoms. The molecule has 1 amide bonds. The van der Waals surface area contributed by atoms with Gasteiger partial charge in [-0.1, -0.05) is 0 Å². The van der Waals surface area contributed by atoms with E-state index in [-0.39, 0.29) is 17.5 Å². The fourth-order valence-electron chi connectivity index (χ4n) is 1.43. The molecule has 2 rings (SSSR count). The van der Waals surface area contributed by atoms with Crippen LogP contribution in [0.15, 0.2) is 23.3 Å². The van der Waals surface area contributed by atoms with Gasteiger partial charge >= 0.3 is 0 Å². The summed E-state index contributed by atoms with van der Waals surface area (Å²) in [6.45, 7) is 1.71. The lowest BCUT2D eigenvalue weighted by Gasteiger charge is -2.10. The van der Waals surface area contributed by atoms with E-state index in [2.05, 4.69) is 25.5 Å². The van der Waals surface area contributed by atoms with Crippen LogP contribution >= 0.6 is 0 Å². The molecule has 2 aromatic rings. The minimum atomic E-state index is -0.549. The van der Waals surface area contributed by atoms with Gasteiger partial charge in [-0.2, -0.15) is 5.10 Å². The maximum atomic E-state index is 11.8. The smallest absolute Gasteiger partial charge is 0.252 e. The first-order chi connectivity index (χ1) is 8.56. The van der Waals surface area contributed by atoms with E-state index in [9.17, 15) is 14.7 Å². The standard InChI is InChI=1S/C10H11N5O3/c1-5(9-11-4-12-15-9)13-10(18)6-2-7(16)14-8(17)3-6/h2-5H,1H3,(H,13,18)(H,11,12,15)(H2,14,16,17). The Balaban J connectivity index is 2.15. The number of nitrogens with zero attached hydrogens (tertiary/aromatic N) is 2. The molecule has 0 saturated carbocycles. The number of rotatable bonds is 3. The molecule has 2 aromatic heterocycles. The quantitative estimate of drug-likeness (QED) is 0.594. The number of amides is 1. The predicted octanol–water partition coefficient (Wildman–Crippen LogP) is -0.310. The highest BCUT2D eigenvalue weighted by Crippen LogP contribution is 2.08. The minimum absolute atomic E-state index is 0.0719. The summed E-state index contributed by atoms with van der Waals surface area (Å²) in [4.78, 5) is 29.0. The molecule has 8 heteroatoms. The molecular weight excluding hydrogens is 238 g/mol. The third-order valence-electron chi connectivity index (χ3n) is 2.28. The Morgan fingerprint density at radius 1 is 1.50 bits per heavy atom. The number of hydrogen-bond acceptors (Lipinski definition) is 5. The van der Waals surface area contributed by atoms with Gasteiger partial charge < -0.3 is 10.4 Å². The molecule has 0 radical (unpaired) electrons. The number of nitrogens with one attached hydrogen (secondary N) is 3. The van der Waals surface area contributed by atoms with Crippen LogP contribution in [0.1, 0.15) is 29.1 Å². The first-order valence-electron chi connectivity index (χ1n) is 5.15. The first-order valence-corrected chi connectivity index (χ1v) is 5.15. The van der Waals surface area contributed by atoms with Gasteiger partial charge in [-0.25, -0.2) is 4.98 Å². The lowest BCUT2D eigenvalue weighted by atomic mass is 10.2. The Labute approximate surface area is 101 Å². The van der Waals surface area contributed by atoms with Crippen molar-refractivity contribution in [2.24, 2.45) is 0 Å². The van der Waals surface area contributed by atoms with Gasteiger partial charge in [-0.05, 0) is 6.92 Å². The number of carbonyl (C=O) groups excluding carboxylic acids is 1. The summed E-state index contributed by atoms with van der Waals surface area (Å²) in [6.07, 6.45) is 1.33. The van der Waals surface area contributed by atoms with Gasteiger partial charge in [0.05, 0.1) is 11.6 Å². The van der Waals surface area contributed by atoms with E-state index in [1.807, 2.05) is 0 Å². The maximum absolute atomic E-state index is 11.8. The number of aromatic hydroxyl groups is 1. The van der Waals surface area contributed by atoms with Gasteiger partial charge in [0.2, 0.25) is 0 Å². The second kappa shape index (κ2) is 4.70. The van der Waals surface area contributed by atoms with E-state index in [1.54, 1.807) is 6.92 Å². The fourth-order valence-corrected chi connectivity index (χ4v) is 1.43. The summed E-state index contributed by atoms with van der Waals surface area (Å²) in [6, 6.07) is 1.88. The molecule has 0 spiro atoms. The molecule has 18 heavy (non-hydrogen) atoms. The minimum Gasteiger partial charge on any atom is -0.494 e. The maximum Gasteiger partial charge on any atom is 0.252 e. The molecule has 0 aliphatic rings. The second-order valence-corrected chi connectivity index (χ2v) is 3.68. The zero-order valence-corrected chi connectivity index (χ0v) is 9.47. The summed E-state index contributed by atoms with van der Waals surface area (Å²) in [5.74, 6) is -0.349. The molecule has 94 valence electrons. The monoisotopic (exact) mass is 249 g/mol. The normalized spacial score (nSPS) is 12.1. The Kier molecular flexibility index (Phi) is 3.09. The van der Waals surface area contributed by atoms with Gasteiger partial charge in [0, 0.05) is 12.1 Å². The van der Waals surface area contributed by atoms with Crippen molar-refractivity contribution in [3.63, 3.8) is 0 Å². The molecule has 1 atom stereocenters. The third kappa shape index (κ3) is 2.54.